The van der Waals surface area contributed by atoms with Crippen LogP contribution in [-0.2, 0) is 11.2 Å². The Morgan fingerprint density at radius 1 is 1.25 bits per heavy atom. The van der Waals surface area contributed by atoms with Gasteiger partial charge in [0, 0.05) is 6.20 Å². The number of amides is 1. The smallest absolute Gasteiger partial charge is 0.211 e. The van der Waals surface area contributed by atoms with Gasteiger partial charge in [-0.2, -0.15) is 0 Å². The summed E-state index contributed by atoms with van der Waals surface area (Å²) in [6.45, 7) is 13.7. The van der Waals surface area contributed by atoms with Gasteiger partial charge < -0.3 is 5.32 Å². The SMILES string of the molecule is C=C/C=C(\C=C)c1cccc(CC(C)/C=C\C=C/NC=O)c1.CC. The number of hydrogen-bond acceptors (Lipinski definition) is 1. The molecule has 1 atom stereocenters. The molecule has 0 bridgehead atoms. The molecule has 1 unspecified atom stereocenters. The van der Waals surface area contributed by atoms with Crippen LogP contribution in [0, 0.1) is 5.92 Å². The molecule has 0 saturated heterocycles. The van der Waals surface area contributed by atoms with Gasteiger partial charge in [-0.25, -0.2) is 0 Å². The predicted molar refractivity (Wildman–Crippen MR) is 107 cm³/mol. The molecule has 0 heterocycles. The second-order valence-electron chi connectivity index (χ2n) is 4.97. The van der Waals surface area contributed by atoms with Crippen LogP contribution >= 0.6 is 0 Å². The molecule has 0 radical (unpaired) electrons. The minimum absolute atomic E-state index is 0.409. The second kappa shape index (κ2) is 14.0. The summed E-state index contributed by atoms with van der Waals surface area (Å²) >= 11 is 0. The fourth-order valence-electron chi connectivity index (χ4n) is 2.13. The molecule has 0 fully saturated rings. The number of carbonyl (C=O) groups is 1. The molecule has 1 aromatic carbocycles. The molecular weight excluding hydrogens is 294 g/mol. The Labute approximate surface area is 147 Å². The lowest BCUT2D eigenvalue weighted by atomic mass is 9.96. The molecule has 128 valence electrons. The number of carbonyl (C=O) groups excluding carboxylic acids is 1. The Hall–Kier alpha value is -2.61. The van der Waals surface area contributed by atoms with Crippen molar-refractivity contribution >= 4 is 12.0 Å². The minimum Gasteiger partial charge on any atom is -0.335 e. The molecule has 1 N–H and O–H groups in total. The standard InChI is InChI=1S/C20H23NO.C2H6/c1-4-9-19(5-2)20-12-8-11-18(15-20)14-17(3)10-6-7-13-21-16-22;1-2/h4-13,15-17H,1-2,14H2,3H3,(H,21,22);1-2H3/b10-6-,13-7-,19-9+;. The first-order chi connectivity index (χ1) is 11.7. The van der Waals surface area contributed by atoms with E-state index >= 15 is 0 Å². The van der Waals surface area contributed by atoms with Gasteiger partial charge in [0.1, 0.15) is 0 Å². The maximum absolute atomic E-state index is 10.1. The maximum atomic E-state index is 10.1. The minimum atomic E-state index is 0.409. The van der Waals surface area contributed by atoms with Crippen LogP contribution < -0.4 is 5.32 Å². The van der Waals surface area contributed by atoms with Crippen LogP contribution in [0.2, 0.25) is 0 Å². The zero-order chi connectivity index (χ0) is 18.2. The lowest BCUT2D eigenvalue weighted by Crippen LogP contribution is -1.98. The highest BCUT2D eigenvalue weighted by atomic mass is 16.1. The molecule has 0 aliphatic rings. The van der Waals surface area contributed by atoms with Crippen molar-refractivity contribution in [3.63, 3.8) is 0 Å². The van der Waals surface area contributed by atoms with Crippen LogP contribution in [0.1, 0.15) is 31.9 Å². The molecule has 1 rings (SSSR count). The summed E-state index contributed by atoms with van der Waals surface area (Å²) in [5.41, 5.74) is 3.50. The van der Waals surface area contributed by atoms with Gasteiger partial charge >= 0.3 is 0 Å². The van der Waals surface area contributed by atoms with Crippen molar-refractivity contribution in [2.24, 2.45) is 5.92 Å². The quantitative estimate of drug-likeness (QED) is 0.474. The molecule has 0 spiro atoms. The number of allylic oxidation sites excluding steroid dienone is 7. The van der Waals surface area contributed by atoms with Crippen LogP contribution in [0.5, 0.6) is 0 Å². The zero-order valence-electron chi connectivity index (χ0n) is 15.0. The van der Waals surface area contributed by atoms with E-state index in [1.54, 1.807) is 12.3 Å². The van der Waals surface area contributed by atoms with E-state index in [0.29, 0.717) is 12.3 Å². The van der Waals surface area contributed by atoms with Crippen LogP contribution in [0.25, 0.3) is 5.57 Å². The molecule has 2 nitrogen and oxygen atoms in total. The highest BCUT2D eigenvalue weighted by Gasteiger charge is 2.02. The highest BCUT2D eigenvalue weighted by molar-refractivity contribution is 5.74. The zero-order valence-corrected chi connectivity index (χ0v) is 15.0. The van der Waals surface area contributed by atoms with Crippen LogP contribution in [0.3, 0.4) is 0 Å². The number of hydrogen-bond donors (Lipinski definition) is 1. The summed E-state index contributed by atoms with van der Waals surface area (Å²) in [6.07, 6.45) is 14.6. The van der Waals surface area contributed by atoms with Crippen molar-refractivity contribution < 1.29 is 4.79 Å². The van der Waals surface area contributed by atoms with Gasteiger partial charge in [0.15, 0.2) is 0 Å². The molecule has 24 heavy (non-hydrogen) atoms. The highest BCUT2D eigenvalue weighted by Crippen LogP contribution is 2.19. The van der Waals surface area contributed by atoms with E-state index in [1.807, 2.05) is 38.2 Å². The summed E-state index contributed by atoms with van der Waals surface area (Å²) in [6, 6.07) is 8.46. The fraction of sp³-hybridized carbons (Fsp3) is 0.227. The van der Waals surface area contributed by atoms with Gasteiger partial charge in [0.25, 0.3) is 0 Å². The first kappa shape index (κ1) is 21.4. The Bertz CT molecular complexity index is 594. The molecule has 1 aromatic rings. The number of nitrogens with one attached hydrogen (secondary N) is 1. The summed E-state index contributed by atoms with van der Waals surface area (Å²) in [4.78, 5) is 10.1. The van der Waals surface area contributed by atoms with Crippen LogP contribution in [0.15, 0.2) is 80.1 Å². The van der Waals surface area contributed by atoms with E-state index in [9.17, 15) is 4.79 Å². The molecule has 0 saturated carbocycles. The van der Waals surface area contributed by atoms with Crippen molar-refractivity contribution in [1.29, 1.82) is 0 Å². The third-order valence-electron chi connectivity index (χ3n) is 3.15. The van der Waals surface area contributed by atoms with Crippen molar-refractivity contribution in [1.82, 2.24) is 5.32 Å². The van der Waals surface area contributed by atoms with E-state index in [1.165, 1.54) is 5.56 Å². The van der Waals surface area contributed by atoms with Crippen molar-refractivity contribution in [2.45, 2.75) is 27.2 Å². The average molecular weight is 323 g/mol. The van der Waals surface area contributed by atoms with Gasteiger partial charge in [0.2, 0.25) is 6.41 Å². The van der Waals surface area contributed by atoms with E-state index < -0.39 is 0 Å². The Kier molecular flexibility index (Phi) is 12.5. The molecule has 1 amide bonds. The summed E-state index contributed by atoms with van der Waals surface area (Å²) < 4.78 is 0. The van der Waals surface area contributed by atoms with E-state index in [-0.39, 0.29) is 0 Å². The summed E-state index contributed by atoms with van der Waals surface area (Å²) in [7, 11) is 0. The lowest BCUT2D eigenvalue weighted by molar-refractivity contribution is -0.108. The van der Waals surface area contributed by atoms with Gasteiger partial charge in [0.05, 0.1) is 0 Å². The van der Waals surface area contributed by atoms with Crippen molar-refractivity contribution in [3.05, 3.63) is 91.2 Å². The lowest BCUT2D eigenvalue weighted by Gasteiger charge is -2.09. The third-order valence-corrected chi connectivity index (χ3v) is 3.15. The second-order valence-corrected chi connectivity index (χ2v) is 4.97. The molecule has 0 aliphatic carbocycles. The fourth-order valence-corrected chi connectivity index (χ4v) is 2.13. The van der Waals surface area contributed by atoms with E-state index in [0.717, 1.165) is 17.6 Å². The topological polar surface area (TPSA) is 29.1 Å². The van der Waals surface area contributed by atoms with Crippen molar-refractivity contribution in [3.8, 4) is 0 Å². The third kappa shape index (κ3) is 8.74. The van der Waals surface area contributed by atoms with Gasteiger partial charge in [-0.05, 0) is 35.1 Å². The molecule has 0 aliphatic heterocycles. The largest absolute Gasteiger partial charge is 0.335 e. The maximum Gasteiger partial charge on any atom is 0.211 e. The van der Waals surface area contributed by atoms with E-state index in [4.69, 9.17) is 0 Å². The molecular formula is C22H29NO. The van der Waals surface area contributed by atoms with Gasteiger partial charge in [-0.15, -0.1) is 0 Å². The van der Waals surface area contributed by atoms with Crippen molar-refractivity contribution in [2.75, 3.05) is 0 Å². The number of rotatable bonds is 9. The predicted octanol–water partition coefficient (Wildman–Crippen LogP) is 5.46. The monoisotopic (exact) mass is 323 g/mol. The first-order valence-electron chi connectivity index (χ1n) is 8.28. The summed E-state index contributed by atoms with van der Waals surface area (Å²) in [5, 5.41) is 2.47. The summed E-state index contributed by atoms with van der Waals surface area (Å²) in [5.74, 6) is 0.409. The average Bonchev–Trinajstić information content (AvgIpc) is 2.61. The van der Waals surface area contributed by atoms with Crippen LogP contribution in [-0.4, -0.2) is 6.41 Å². The molecule has 0 aromatic heterocycles. The van der Waals surface area contributed by atoms with E-state index in [2.05, 4.69) is 55.7 Å². The first-order valence-corrected chi connectivity index (χ1v) is 8.28. The Balaban J connectivity index is 0.00000254. The Morgan fingerprint density at radius 2 is 2.00 bits per heavy atom. The normalized spacial score (nSPS) is 12.4. The van der Waals surface area contributed by atoms with Gasteiger partial charge in [-0.3, -0.25) is 4.79 Å². The number of benzene rings is 1. The molecule has 2 heteroatoms. The Morgan fingerprint density at radius 3 is 2.62 bits per heavy atom. The van der Waals surface area contributed by atoms with Gasteiger partial charge in [-0.1, -0.05) is 88.6 Å². The van der Waals surface area contributed by atoms with Crippen LogP contribution in [0.4, 0.5) is 0 Å².